The Morgan fingerprint density at radius 2 is 1.72 bits per heavy atom. The zero-order valence-corrected chi connectivity index (χ0v) is 14.8. The van der Waals surface area contributed by atoms with Crippen molar-refractivity contribution in [3.63, 3.8) is 0 Å². The lowest BCUT2D eigenvalue weighted by Crippen LogP contribution is -2.31. The Bertz CT molecular complexity index is 799. The molecular formula is C19H22N2O3S. The van der Waals surface area contributed by atoms with Gasteiger partial charge >= 0.3 is 0 Å². The maximum absolute atomic E-state index is 12.0. The molecule has 6 heteroatoms. The van der Waals surface area contributed by atoms with Crippen LogP contribution in [0.1, 0.15) is 11.1 Å². The number of ether oxygens (including phenoxy) is 1. The lowest BCUT2D eigenvalue weighted by molar-refractivity contribution is 0.365. The third-order valence-electron chi connectivity index (χ3n) is 3.49. The van der Waals surface area contributed by atoms with Crippen LogP contribution < -0.4 is 14.8 Å². The van der Waals surface area contributed by atoms with Crippen molar-refractivity contribution in [2.24, 2.45) is 0 Å². The normalized spacial score (nSPS) is 11.0. The van der Waals surface area contributed by atoms with E-state index in [1.54, 1.807) is 0 Å². The van der Waals surface area contributed by atoms with E-state index in [2.05, 4.69) is 16.0 Å². The van der Waals surface area contributed by atoms with Gasteiger partial charge < -0.3 is 10.1 Å². The van der Waals surface area contributed by atoms with Gasteiger partial charge in [0.25, 0.3) is 0 Å². The first-order valence-corrected chi connectivity index (χ1v) is 9.62. The molecule has 0 aliphatic carbocycles. The molecular weight excluding hydrogens is 336 g/mol. The van der Waals surface area contributed by atoms with E-state index in [1.807, 2.05) is 54.6 Å². The standard InChI is InChI=1S/C19H22N2O3S/c1-2-13-24-19-11-7-6-10-18(19)16-20-12-14-25(22,23)21-15-17-8-4-3-5-9-17/h1,3-11,20-21H,12-16H2. The Hall–Kier alpha value is -2.33. The fourth-order valence-corrected chi connectivity index (χ4v) is 3.14. The minimum atomic E-state index is -3.33. The molecule has 0 unspecified atom stereocenters. The molecule has 0 fully saturated rings. The summed E-state index contributed by atoms with van der Waals surface area (Å²) in [5, 5.41) is 3.12. The van der Waals surface area contributed by atoms with E-state index in [0.717, 1.165) is 11.1 Å². The smallest absolute Gasteiger partial charge is 0.213 e. The third-order valence-corrected chi connectivity index (χ3v) is 4.81. The van der Waals surface area contributed by atoms with Crippen LogP contribution >= 0.6 is 0 Å². The molecule has 2 rings (SSSR count). The molecule has 2 aromatic carbocycles. The minimum Gasteiger partial charge on any atom is -0.481 e. The topological polar surface area (TPSA) is 67.4 Å². The predicted octanol–water partition coefficient (Wildman–Crippen LogP) is 1.91. The van der Waals surface area contributed by atoms with Crippen molar-refractivity contribution in [1.29, 1.82) is 0 Å². The van der Waals surface area contributed by atoms with Crippen molar-refractivity contribution in [2.45, 2.75) is 13.1 Å². The van der Waals surface area contributed by atoms with Gasteiger partial charge in [0, 0.05) is 25.2 Å². The molecule has 0 aliphatic rings. The summed E-state index contributed by atoms with van der Waals surface area (Å²) in [7, 11) is -3.33. The second kappa shape index (κ2) is 9.84. The maximum Gasteiger partial charge on any atom is 0.213 e. The van der Waals surface area contributed by atoms with Gasteiger partial charge in [-0.05, 0) is 11.6 Å². The molecule has 0 spiro atoms. The molecule has 2 N–H and O–H groups in total. The van der Waals surface area contributed by atoms with Crippen LogP contribution in [0.15, 0.2) is 54.6 Å². The van der Waals surface area contributed by atoms with Crippen molar-refractivity contribution in [3.05, 3.63) is 65.7 Å². The molecule has 0 radical (unpaired) electrons. The highest BCUT2D eigenvalue weighted by Gasteiger charge is 2.10. The number of terminal acetylenes is 1. The average Bonchev–Trinajstić information content (AvgIpc) is 2.64. The molecule has 0 bridgehead atoms. The van der Waals surface area contributed by atoms with Crippen LogP contribution in [-0.2, 0) is 23.1 Å². The Morgan fingerprint density at radius 1 is 1.00 bits per heavy atom. The monoisotopic (exact) mass is 358 g/mol. The lowest BCUT2D eigenvalue weighted by Gasteiger charge is -2.11. The van der Waals surface area contributed by atoms with Crippen LogP contribution in [0.3, 0.4) is 0 Å². The van der Waals surface area contributed by atoms with Crippen molar-refractivity contribution >= 4 is 10.0 Å². The maximum atomic E-state index is 12.0. The van der Waals surface area contributed by atoms with Gasteiger partial charge in [0.15, 0.2) is 0 Å². The van der Waals surface area contributed by atoms with Gasteiger partial charge in [0.05, 0.1) is 5.75 Å². The summed E-state index contributed by atoms with van der Waals surface area (Å²) >= 11 is 0. The largest absolute Gasteiger partial charge is 0.481 e. The van der Waals surface area contributed by atoms with Gasteiger partial charge in [0.2, 0.25) is 10.0 Å². The number of benzene rings is 2. The molecule has 0 amide bonds. The van der Waals surface area contributed by atoms with Crippen molar-refractivity contribution in [2.75, 3.05) is 18.9 Å². The second-order valence-corrected chi connectivity index (χ2v) is 7.33. The first-order valence-electron chi connectivity index (χ1n) is 7.97. The molecule has 0 aliphatic heterocycles. The SMILES string of the molecule is C#CCOc1ccccc1CNCCS(=O)(=O)NCc1ccccc1. The molecule has 5 nitrogen and oxygen atoms in total. The van der Waals surface area contributed by atoms with Gasteiger partial charge in [-0.1, -0.05) is 54.5 Å². The Morgan fingerprint density at radius 3 is 2.48 bits per heavy atom. The lowest BCUT2D eigenvalue weighted by atomic mass is 10.2. The fourth-order valence-electron chi connectivity index (χ4n) is 2.20. The molecule has 0 atom stereocenters. The number of rotatable bonds is 10. The van der Waals surface area contributed by atoms with Crippen molar-refractivity contribution in [3.8, 4) is 18.1 Å². The van der Waals surface area contributed by atoms with Crippen LogP contribution in [0.4, 0.5) is 0 Å². The summed E-state index contributed by atoms with van der Waals surface area (Å²) in [6.45, 7) is 1.35. The van der Waals surface area contributed by atoms with E-state index >= 15 is 0 Å². The summed E-state index contributed by atoms with van der Waals surface area (Å²) < 4.78 is 32.1. The molecule has 0 saturated heterocycles. The van der Waals surface area contributed by atoms with E-state index in [-0.39, 0.29) is 12.4 Å². The predicted molar refractivity (Wildman–Crippen MR) is 99.5 cm³/mol. The van der Waals surface area contributed by atoms with Gasteiger partial charge in [-0.2, -0.15) is 0 Å². The highest BCUT2D eigenvalue weighted by molar-refractivity contribution is 7.89. The van der Waals surface area contributed by atoms with Crippen molar-refractivity contribution in [1.82, 2.24) is 10.0 Å². The van der Waals surface area contributed by atoms with E-state index in [0.29, 0.717) is 25.4 Å². The molecule has 25 heavy (non-hydrogen) atoms. The number of hydrogen-bond acceptors (Lipinski definition) is 4. The van der Waals surface area contributed by atoms with Gasteiger partial charge in [-0.15, -0.1) is 6.42 Å². The Kier molecular flexibility index (Phi) is 7.48. The van der Waals surface area contributed by atoms with Gasteiger partial charge in [-0.25, -0.2) is 13.1 Å². The van der Waals surface area contributed by atoms with E-state index in [4.69, 9.17) is 11.2 Å². The quantitative estimate of drug-likeness (QED) is 0.503. The summed E-state index contributed by atoms with van der Waals surface area (Å²) in [6.07, 6.45) is 5.20. The second-order valence-electron chi connectivity index (χ2n) is 5.40. The van der Waals surface area contributed by atoms with Crippen LogP contribution in [0, 0.1) is 12.3 Å². The highest BCUT2D eigenvalue weighted by atomic mass is 32.2. The van der Waals surface area contributed by atoms with Crippen molar-refractivity contribution < 1.29 is 13.2 Å². The zero-order valence-electron chi connectivity index (χ0n) is 13.9. The molecule has 132 valence electrons. The van der Waals surface area contributed by atoms with Crippen LogP contribution in [0.25, 0.3) is 0 Å². The van der Waals surface area contributed by atoms with Crippen LogP contribution in [0.2, 0.25) is 0 Å². The summed E-state index contributed by atoms with van der Waals surface area (Å²) in [4.78, 5) is 0. The van der Waals surface area contributed by atoms with E-state index < -0.39 is 10.0 Å². The van der Waals surface area contributed by atoms with Crippen LogP contribution in [-0.4, -0.2) is 27.3 Å². The Labute approximate surface area is 149 Å². The number of sulfonamides is 1. The first-order chi connectivity index (χ1) is 12.1. The molecule has 2 aromatic rings. The average molecular weight is 358 g/mol. The van der Waals surface area contributed by atoms with Gasteiger partial charge in [-0.3, -0.25) is 0 Å². The fraction of sp³-hybridized carbons (Fsp3) is 0.263. The minimum absolute atomic E-state index is 0.00716. The van der Waals surface area contributed by atoms with E-state index in [9.17, 15) is 8.42 Å². The summed E-state index contributed by atoms with van der Waals surface area (Å²) in [5.41, 5.74) is 1.87. The molecule has 0 heterocycles. The molecule has 0 saturated carbocycles. The number of para-hydroxylation sites is 1. The first kappa shape index (κ1) is 19.0. The molecule has 0 aromatic heterocycles. The highest BCUT2D eigenvalue weighted by Crippen LogP contribution is 2.17. The Balaban J connectivity index is 1.76. The van der Waals surface area contributed by atoms with E-state index in [1.165, 1.54) is 0 Å². The number of nitrogens with one attached hydrogen (secondary N) is 2. The van der Waals surface area contributed by atoms with Gasteiger partial charge in [0.1, 0.15) is 12.4 Å². The number of hydrogen-bond donors (Lipinski definition) is 2. The third kappa shape index (κ3) is 6.98. The summed E-state index contributed by atoms with van der Waals surface area (Å²) in [5.74, 6) is 3.14. The zero-order chi connectivity index (χ0) is 18.0. The summed E-state index contributed by atoms with van der Waals surface area (Å²) in [6, 6.07) is 16.9. The van der Waals surface area contributed by atoms with Crippen LogP contribution in [0.5, 0.6) is 5.75 Å².